The molecule has 0 N–H and O–H groups in total. The summed E-state index contributed by atoms with van der Waals surface area (Å²) in [5, 5.41) is 11.2. The lowest BCUT2D eigenvalue weighted by Crippen LogP contribution is -2.12. The van der Waals surface area contributed by atoms with Crippen molar-refractivity contribution >= 4 is 21.8 Å². The Bertz CT molecular complexity index is 2650. The van der Waals surface area contributed by atoms with Gasteiger partial charge in [-0.2, -0.15) is 31.6 Å². The Labute approximate surface area is 298 Å². The first-order valence-corrected chi connectivity index (χ1v) is 16.2. The van der Waals surface area contributed by atoms with E-state index in [0.29, 0.717) is 62.2 Å². The lowest BCUT2D eigenvalue weighted by molar-refractivity contribution is -0.142. The van der Waals surface area contributed by atoms with Gasteiger partial charge in [-0.1, -0.05) is 91.0 Å². The number of hydrogen-bond donors (Lipinski definition) is 0. The van der Waals surface area contributed by atoms with Crippen LogP contribution in [0.25, 0.3) is 72.8 Å². The molecule has 2 aromatic heterocycles. The lowest BCUT2D eigenvalue weighted by Gasteiger charge is -2.17. The highest BCUT2D eigenvalue weighted by Gasteiger charge is 2.38. The van der Waals surface area contributed by atoms with E-state index in [4.69, 9.17) is 15.0 Å². The van der Waals surface area contributed by atoms with Crippen LogP contribution < -0.4 is 0 Å². The number of aromatic nitrogens is 4. The zero-order valence-electron chi connectivity index (χ0n) is 27.3. The third-order valence-electron chi connectivity index (χ3n) is 8.94. The standard InChI is InChI=1S/C42H23F6N5/c43-41(44,45)29-17-19-30(34(23-29)42(46,47)48)28-16-20-36-33(22-28)31-13-7-8-14-35(31)53(36)37-21-25(24-49)15-18-32(37)40-51-38(26-9-3-1-4-10-26)50-39(52-40)27-11-5-2-6-12-27/h1-23H. The van der Waals surface area contributed by atoms with Crippen molar-refractivity contribution in [2.24, 2.45) is 0 Å². The molecule has 0 atom stereocenters. The van der Waals surface area contributed by atoms with E-state index in [2.05, 4.69) is 6.07 Å². The molecule has 8 rings (SSSR count). The first-order valence-electron chi connectivity index (χ1n) is 16.2. The molecule has 0 saturated carbocycles. The molecule has 0 aliphatic heterocycles. The molecular weight excluding hydrogens is 688 g/mol. The lowest BCUT2D eigenvalue weighted by atomic mass is 9.95. The number of nitriles is 1. The Morgan fingerprint density at radius 2 is 1.08 bits per heavy atom. The SMILES string of the molecule is N#Cc1ccc(-c2nc(-c3ccccc3)nc(-c3ccccc3)n2)c(-n2c3ccccc3c3cc(-c4ccc(C(F)(F)F)cc4C(F)(F)F)ccc32)c1. The Hall–Kier alpha value is -6.80. The smallest absolute Gasteiger partial charge is 0.308 e. The van der Waals surface area contributed by atoms with Gasteiger partial charge in [0.2, 0.25) is 0 Å². The first-order chi connectivity index (χ1) is 25.5. The van der Waals surface area contributed by atoms with E-state index < -0.39 is 23.5 Å². The number of alkyl halides is 6. The second-order valence-electron chi connectivity index (χ2n) is 12.2. The van der Waals surface area contributed by atoms with Gasteiger partial charge in [-0.3, -0.25) is 0 Å². The number of para-hydroxylation sites is 1. The maximum Gasteiger partial charge on any atom is 0.417 e. The van der Waals surface area contributed by atoms with Crippen molar-refractivity contribution in [1.29, 1.82) is 5.26 Å². The van der Waals surface area contributed by atoms with E-state index in [1.54, 1.807) is 36.4 Å². The van der Waals surface area contributed by atoms with Crippen molar-refractivity contribution in [2.75, 3.05) is 0 Å². The number of rotatable bonds is 5. The van der Waals surface area contributed by atoms with Crippen LogP contribution in [-0.4, -0.2) is 19.5 Å². The molecule has 53 heavy (non-hydrogen) atoms. The normalized spacial score (nSPS) is 11.9. The highest BCUT2D eigenvalue weighted by Crippen LogP contribution is 2.43. The van der Waals surface area contributed by atoms with Crippen LogP contribution in [0, 0.1) is 11.3 Å². The van der Waals surface area contributed by atoms with Gasteiger partial charge >= 0.3 is 12.4 Å². The van der Waals surface area contributed by atoms with Crippen LogP contribution in [0.4, 0.5) is 26.3 Å². The number of halogens is 6. The van der Waals surface area contributed by atoms with E-state index in [-0.39, 0.29) is 17.2 Å². The molecule has 11 heteroatoms. The van der Waals surface area contributed by atoms with Crippen molar-refractivity contribution in [2.45, 2.75) is 12.4 Å². The molecule has 0 radical (unpaired) electrons. The quantitative estimate of drug-likeness (QED) is 0.167. The number of fused-ring (bicyclic) bond motifs is 3. The molecule has 5 nitrogen and oxygen atoms in total. The van der Waals surface area contributed by atoms with Gasteiger partial charge in [-0.05, 0) is 59.7 Å². The largest absolute Gasteiger partial charge is 0.417 e. The minimum Gasteiger partial charge on any atom is -0.308 e. The van der Waals surface area contributed by atoms with Gasteiger partial charge in [-0.25, -0.2) is 15.0 Å². The molecule has 0 spiro atoms. The topological polar surface area (TPSA) is 67.4 Å². The molecule has 0 unspecified atom stereocenters. The number of nitrogens with zero attached hydrogens (tertiary/aromatic N) is 5. The zero-order chi connectivity index (χ0) is 36.9. The van der Waals surface area contributed by atoms with Crippen LogP contribution >= 0.6 is 0 Å². The van der Waals surface area contributed by atoms with Gasteiger partial charge in [-0.15, -0.1) is 0 Å². The van der Waals surface area contributed by atoms with Crippen LogP contribution in [0.5, 0.6) is 0 Å². The van der Waals surface area contributed by atoms with E-state index >= 15 is 0 Å². The maximum atomic E-state index is 14.2. The van der Waals surface area contributed by atoms with Crippen LogP contribution in [-0.2, 0) is 12.4 Å². The summed E-state index contributed by atoms with van der Waals surface area (Å²) in [6.45, 7) is 0. The molecule has 258 valence electrons. The molecule has 0 amide bonds. The van der Waals surface area contributed by atoms with Crippen LogP contribution in [0.2, 0.25) is 0 Å². The predicted molar refractivity (Wildman–Crippen MR) is 191 cm³/mol. The fraction of sp³-hybridized carbons (Fsp3) is 0.0476. The van der Waals surface area contributed by atoms with E-state index in [0.717, 1.165) is 17.2 Å². The van der Waals surface area contributed by atoms with Gasteiger partial charge in [0.1, 0.15) is 0 Å². The van der Waals surface area contributed by atoms with Crippen LogP contribution in [0.3, 0.4) is 0 Å². The zero-order valence-corrected chi connectivity index (χ0v) is 27.3. The Kier molecular flexibility index (Phi) is 8.03. The monoisotopic (exact) mass is 711 g/mol. The van der Waals surface area contributed by atoms with Gasteiger partial charge in [0.25, 0.3) is 0 Å². The predicted octanol–water partition coefficient (Wildman–Crippen LogP) is 11.5. The summed E-state index contributed by atoms with van der Waals surface area (Å²) in [5.41, 5.74) is 1.10. The molecule has 0 aliphatic carbocycles. The average molecular weight is 712 g/mol. The summed E-state index contributed by atoms with van der Waals surface area (Å²) < 4.78 is 85.0. The maximum absolute atomic E-state index is 14.2. The molecule has 0 bridgehead atoms. The highest BCUT2D eigenvalue weighted by molar-refractivity contribution is 6.11. The van der Waals surface area contributed by atoms with Crippen molar-refractivity contribution in [3.05, 3.63) is 156 Å². The molecule has 0 aliphatic rings. The summed E-state index contributed by atoms with van der Waals surface area (Å²) >= 11 is 0. The second kappa shape index (κ2) is 12.8. The molecule has 2 heterocycles. The fourth-order valence-electron chi connectivity index (χ4n) is 6.51. The van der Waals surface area contributed by atoms with Crippen molar-refractivity contribution < 1.29 is 26.3 Å². The molecular formula is C42H23F6N5. The molecule has 0 saturated heterocycles. The molecule has 8 aromatic rings. The van der Waals surface area contributed by atoms with E-state index in [9.17, 15) is 31.6 Å². The highest BCUT2D eigenvalue weighted by atomic mass is 19.4. The molecule has 0 fully saturated rings. The van der Waals surface area contributed by atoms with Gasteiger partial charge < -0.3 is 4.57 Å². The molecule has 6 aromatic carbocycles. The summed E-state index contributed by atoms with van der Waals surface area (Å²) in [5.74, 6) is 1.17. The number of benzene rings is 6. The van der Waals surface area contributed by atoms with Crippen LogP contribution in [0.15, 0.2) is 140 Å². The van der Waals surface area contributed by atoms with Crippen LogP contribution in [0.1, 0.15) is 16.7 Å². The Morgan fingerprint density at radius 1 is 0.491 bits per heavy atom. The van der Waals surface area contributed by atoms with E-state index in [1.165, 1.54) is 6.07 Å². The van der Waals surface area contributed by atoms with Gasteiger partial charge in [0, 0.05) is 27.5 Å². The Morgan fingerprint density at radius 3 is 1.70 bits per heavy atom. The number of hydrogen-bond acceptors (Lipinski definition) is 4. The minimum absolute atomic E-state index is 0.0879. The summed E-state index contributed by atoms with van der Waals surface area (Å²) in [4.78, 5) is 14.6. The first kappa shape index (κ1) is 33.3. The second-order valence-corrected chi connectivity index (χ2v) is 12.2. The van der Waals surface area contributed by atoms with E-state index in [1.807, 2.05) is 83.4 Å². The summed E-state index contributed by atoms with van der Waals surface area (Å²) in [6, 6.07) is 39.7. The third-order valence-corrected chi connectivity index (χ3v) is 8.94. The summed E-state index contributed by atoms with van der Waals surface area (Å²) in [6.07, 6.45) is -10.00. The summed E-state index contributed by atoms with van der Waals surface area (Å²) in [7, 11) is 0. The van der Waals surface area contributed by atoms with Crippen molar-refractivity contribution in [3.8, 4) is 57.0 Å². The van der Waals surface area contributed by atoms with Gasteiger partial charge in [0.15, 0.2) is 17.5 Å². The minimum atomic E-state index is -5.05. The Balaban J connectivity index is 1.38. The van der Waals surface area contributed by atoms with Crippen molar-refractivity contribution in [3.63, 3.8) is 0 Å². The van der Waals surface area contributed by atoms with Gasteiger partial charge in [0.05, 0.1) is 39.5 Å². The average Bonchev–Trinajstić information content (AvgIpc) is 3.51. The van der Waals surface area contributed by atoms with Crippen molar-refractivity contribution in [1.82, 2.24) is 19.5 Å². The fourth-order valence-corrected chi connectivity index (χ4v) is 6.51. The third kappa shape index (κ3) is 6.14.